The summed E-state index contributed by atoms with van der Waals surface area (Å²) in [5.41, 5.74) is 2.50. The van der Waals surface area contributed by atoms with Gasteiger partial charge in [0.05, 0.1) is 15.7 Å². The number of nitrogens with zero attached hydrogens (tertiary/aromatic N) is 1. The molecule has 122 valence electrons. The Bertz CT molecular complexity index is 825. The highest BCUT2D eigenvalue weighted by atomic mass is 35.5. The summed E-state index contributed by atoms with van der Waals surface area (Å²) < 4.78 is 0. The highest BCUT2D eigenvalue weighted by molar-refractivity contribution is 6.44. The van der Waals surface area contributed by atoms with Gasteiger partial charge in [0.2, 0.25) is 0 Å². The Morgan fingerprint density at radius 2 is 2.00 bits per heavy atom. The number of hydrogen-bond acceptors (Lipinski definition) is 3. The number of hydrogen-bond donors (Lipinski definition) is 2. The largest absolute Gasteiger partial charge is 0.386 e. The number of nitrogens with one attached hydrogen (secondary N) is 2. The molecular weight excluding hydrogens is 345 g/mol. The van der Waals surface area contributed by atoms with Gasteiger partial charge in [-0.3, -0.25) is 4.79 Å². The lowest BCUT2D eigenvalue weighted by Gasteiger charge is -2.08. The van der Waals surface area contributed by atoms with Crippen LogP contribution in [0.15, 0.2) is 54.2 Å². The van der Waals surface area contributed by atoms with E-state index in [-0.39, 0.29) is 10.6 Å². The molecule has 0 fully saturated rings. The second-order valence-corrected chi connectivity index (χ2v) is 5.88. The fourth-order valence-electron chi connectivity index (χ4n) is 2.03. The number of carbonyl (C=O) groups excluding carboxylic acids is 1. The molecule has 0 heterocycles. The van der Waals surface area contributed by atoms with Crippen molar-refractivity contribution in [2.24, 2.45) is 0 Å². The minimum Gasteiger partial charge on any atom is -0.386 e. The van der Waals surface area contributed by atoms with Crippen LogP contribution in [0.25, 0.3) is 0 Å². The van der Waals surface area contributed by atoms with Gasteiger partial charge in [-0.2, -0.15) is 5.26 Å². The van der Waals surface area contributed by atoms with E-state index in [0.717, 1.165) is 11.1 Å². The smallest absolute Gasteiger partial charge is 0.267 e. The topological polar surface area (TPSA) is 64.9 Å². The molecule has 0 bridgehead atoms. The maximum Gasteiger partial charge on any atom is 0.267 e. The number of rotatable bonds is 5. The molecular formula is C18H15Cl2N3O. The molecule has 0 saturated heterocycles. The van der Waals surface area contributed by atoms with Crippen LogP contribution in [0.2, 0.25) is 10.0 Å². The van der Waals surface area contributed by atoms with Crippen LogP contribution < -0.4 is 10.6 Å². The minimum atomic E-state index is -0.557. The minimum absolute atomic E-state index is 0.0568. The average Bonchev–Trinajstić information content (AvgIpc) is 2.56. The second kappa shape index (κ2) is 8.39. The van der Waals surface area contributed by atoms with E-state index in [4.69, 9.17) is 28.5 Å². The third-order valence-electron chi connectivity index (χ3n) is 3.20. The van der Waals surface area contributed by atoms with Gasteiger partial charge < -0.3 is 10.6 Å². The van der Waals surface area contributed by atoms with Crippen molar-refractivity contribution in [3.05, 3.63) is 75.4 Å². The first-order valence-corrected chi connectivity index (χ1v) is 7.91. The van der Waals surface area contributed by atoms with Crippen LogP contribution in [0.1, 0.15) is 11.1 Å². The van der Waals surface area contributed by atoms with Crippen molar-refractivity contribution >= 4 is 34.8 Å². The van der Waals surface area contributed by atoms with E-state index in [0.29, 0.717) is 17.3 Å². The van der Waals surface area contributed by atoms with E-state index in [1.165, 1.54) is 6.20 Å². The predicted octanol–water partition coefficient (Wildman–Crippen LogP) is 4.44. The molecule has 0 spiro atoms. The van der Waals surface area contributed by atoms with Crippen molar-refractivity contribution < 1.29 is 4.79 Å². The van der Waals surface area contributed by atoms with Crippen LogP contribution in [0.5, 0.6) is 0 Å². The fourth-order valence-corrected chi connectivity index (χ4v) is 2.38. The highest BCUT2D eigenvalue weighted by Gasteiger charge is 2.12. The third kappa shape index (κ3) is 4.76. The second-order valence-electron chi connectivity index (χ2n) is 5.10. The number of anilines is 1. The molecule has 0 unspecified atom stereocenters. The fraction of sp³-hybridized carbons (Fsp3) is 0.111. The normalized spacial score (nSPS) is 10.8. The van der Waals surface area contributed by atoms with Crippen LogP contribution in [0, 0.1) is 18.3 Å². The van der Waals surface area contributed by atoms with E-state index in [2.05, 4.69) is 10.6 Å². The Morgan fingerprint density at radius 1 is 1.25 bits per heavy atom. The van der Waals surface area contributed by atoms with Crippen LogP contribution in [0.4, 0.5) is 5.69 Å². The summed E-state index contributed by atoms with van der Waals surface area (Å²) in [6.45, 7) is 2.51. The third-order valence-corrected chi connectivity index (χ3v) is 4.02. The number of amides is 1. The van der Waals surface area contributed by atoms with Crippen molar-refractivity contribution in [2.45, 2.75) is 13.5 Å². The van der Waals surface area contributed by atoms with Crippen LogP contribution in [-0.2, 0) is 11.3 Å². The Kier molecular flexibility index (Phi) is 6.25. The van der Waals surface area contributed by atoms with Crippen molar-refractivity contribution in [3.8, 4) is 6.07 Å². The van der Waals surface area contributed by atoms with Gasteiger partial charge in [0.25, 0.3) is 5.91 Å². The summed E-state index contributed by atoms with van der Waals surface area (Å²) in [6.07, 6.45) is 1.39. The SMILES string of the molecule is Cc1cccc(CN/C=C(/C#N)C(=O)Nc2cccc(Cl)c2Cl)c1. The maximum absolute atomic E-state index is 12.2. The molecule has 24 heavy (non-hydrogen) atoms. The first-order valence-electron chi connectivity index (χ1n) is 7.16. The number of carbonyl (C=O) groups is 1. The molecule has 0 radical (unpaired) electrons. The standard InChI is InChI=1S/C18H15Cl2N3O/c1-12-4-2-5-13(8-12)10-22-11-14(9-21)18(24)23-16-7-3-6-15(19)17(16)20/h2-8,11,22H,10H2,1H3,(H,23,24)/b14-11-. The summed E-state index contributed by atoms with van der Waals surface area (Å²) in [5, 5.41) is 15.3. The number of benzene rings is 2. The first-order chi connectivity index (χ1) is 11.5. The molecule has 0 aliphatic carbocycles. The van der Waals surface area contributed by atoms with Gasteiger partial charge >= 0.3 is 0 Å². The van der Waals surface area contributed by atoms with Crippen molar-refractivity contribution in [1.29, 1.82) is 5.26 Å². The van der Waals surface area contributed by atoms with Gasteiger partial charge in [-0.05, 0) is 24.6 Å². The van der Waals surface area contributed by atoms with E-state index in [9.17, 15) is 4.79 Å². The summed E-state index contributed by atoms with van der Waals surface area (Å²) in [7, 11) is 0. The Balaban J connectivity index is 2.03. The number of nitriles is 1. The van der Waals surface area contributed by atoms with Gasteiger partial charge in [-0.1, -0.05) is 59.1 Å². The van der Waals surface area contributed by atoms with Crippen molar-refractivity contribution in [3.63, 3.8) is 0 Å². The van der Waals surface area contributed by atoms with Gasteiger partial charge in [-0.25, -0.2) is 0 Å². The van der Waals surface area contributed by atoms with Gasteiger partial charge in [-0.15, -0.1) is 0 Å². The zero-order chi connectivity index (χ0) is 17.5. The predicted molar refractivity (Wildman–Crippen MR) is 96.8 cm³/mol. The number of aryl methyl sites for hydroxylation is 1. The highest BCUT2D eigenvalue weighted by Crippen LogP contribution is 2.29. The van der Waals surface area contributed by atoms with E-state index in [1.807, 2.05) is 37.3 Å². The van der Waals surface area contributed by atoms with Crippen LogP contribution >= 0.6 is 23.2 Å². The lowest BCUT2D eigenvalue weighted by atomic mass is 10.1. The molecule has 0 atom stereocenters. The molecule has 0 aliphatic heterocycles. The lowest BCUT2D eigenvalue weighted by molar-refractivity contribution is -0.112. The summed E-state index contributed by atoms with van der Waals surface area (Å²) in [5.74, 6) is -0.557. The first kappa shape index (κ1) is 17.9. The molecule has 1 amide bonds. The van der Waals surface area contributed by atoms with Crippen molar-refractivity contribution in [2.75, 3.05) is 5.32 Å². The van der Waals surface area contributed by atoms with Gasteiger partial charge in [0, 0.05) is 12.7 Å². The Morgan fingerprint density at radius 3 is 2.71 bits per heavy atom. The molecule has 0 aliphatic rings. The Hall–Kier alpha value is -2.48. The molecule has 2 N–H and O–H groups in total. The summed E-state index contributed by atoms with van der Waals surface area (Å²) in [4.78, 5) is 12.2. The van der Waals surface area contributed by atoms with E-state index < -0.39 is 5.91 Å². The summed E-state index contributed by atoms with van der Waals surface area (Å²) in [6, 6.07) is 14.7. The van der Waals surface area contributed by atoms with Crippen molar-refractivity contribution in [1.82, 2.24) is 5.32 Å². The quantitative estimate of drug-likeness (QED) is 0.612. The molecule has 6 heteroatoms. The molecule has 2 aromatic rings. The zero-order valence-corrected chi connectivity index (χ0v) is 14.4. The molecule has 0 aromatic heterocycles. The molecule has 0 saturated carbocycles. The van der Waals surface area contributed by atoms with E-state index >= 15 is 0 Å². The molecule has 2 rings (SSSR count). The molecule has 4 nitrogen and oxygen atoms in total. The van der Waals surface area contributed by atoms with Gasteiger partial charge in [0.15, 0.2) is 0 Å². The average molecular weight is 360 g/mol. The number of halogens is 2. The monoisotopic (exact) mass is 359 g/mol. The lowest BCUT2D eigenvalue weighted by Crippen LogP contribution is -2.17. The summed E-state index contributed by atoms with van der Waals surface area (Å²) >= 11 is 11.9. The van der Waals surface area contributed by atoms with Crippen LogP contribution in [0.3, 0.4) is 0 Å². The zero-order valence-electron chi connectivity index (χ0n) is 12.9. The molecule has 2 aromatic carbocycles. The van der Waals surface area contributed by atoms with Gasteiger partial charge in [0.1, 0.15) is 11.6 Å². The Labute approximate surface area is 150 Å². The maximum atomic E-state index is 12.2. The van der Waals surface area contributed by atoms with E-state index in [1.54, 1.807) is 18.2 Å². The van der Waals surface area contributed by atoms with Crippen LogP contribution in [-0.4, -0.2) is 5.91 Å².